The Balaban J connectivity index is 1.76. The molecular weight excluding hydrogens is 430 g/mol. The van der Waals surface area contributed by atoms with Crippen LogP contribution < -0.4 is 4.90 Å². The molecule has 0 bridgehead atoms. The van der Waals surface area contributed by atoms with Gasteiger partial charge in [-0.15, -0.1) is 0 Å². The first kappa shape index (κ1) is 24.3. The largest absolute Gasteiger partial charge is 0.465 e. The minimum atomic E-state index is -0.945. The summed E-state index contributed by atoms with van der Waals surface area (Å²) in [6, 6.07) is 19.2. The van der Waals surface area contributed by atoms with E-state index in [-0.39, 0.29) is 43.1 Å². The number of rotatable bonds is 7. The molecule has 1 saturated carbocycles. The maximum atomic E-state index is 12.9. The number of benzene rings is 2. The summed E-state index contributed by atoms with van der Waals surface area (Å²) in [7, 11) is 3.84. The molecule has 5 atom stereocenters. The summed E-state index contributed by atoms with van der Waals surface area (Å²) in [5.41, 5.74) is 3.72. The Morgan fingerprint density at radius 2 is 1.56 bits per heavy atom. The van der Waals surface area contributed by atoms with Crippen molar-refractivity contribution in [3.8, 4) is 0 Å². The maximum Gasteiger partial charge on any atom is 0.320 e. The Kier molecular flexibility index (Phi) is 7.57. The van der Waals surface area contributed by atoms with Gasteiger partial charge in [-0.25, -0.2) is 0 Å². The van der Waals surface area contributed by atoms with Gasteiger partial charge in [0.15, 0.2) is 5.92 Å². The zero-order valence-electron chi connectivity index (χ0n) is 20.5. The van der Waals surface area contributed by atoms with Crippen LogP contribution in [0.4, 0.5) is 5.69 Å². The van der Waals surface area contributed by atoms with E-state index in [0.29, 0.717) is 12.8 Å². The van der Waals surface area contributed by atoms with E-state index in [0.717, 1.165) is 0 Å². The van der Waals surface area contributed by atoms with Crippen LogP contribution in [0.25, 0.3) is 0 Å². The van der Waals surface area contributed by atoms with E-state index in [1.807, 2.05) is 6.07 Å². The molecule has 4 rings (SSSR count). The average Bonchev–Trinajstić information content (AvgIpc) is 2.85. The Morgan fingerprint density at radius 3 is 2.18 bits per heavy atom. The average molecular weight is 466 g/mol. The lowest BCUT2D eigenvalue weighted by Gasteiger charge is -2.53. The molecule has 6 nitrogen and oxygen atoms in total. The normalized spacial score (nSPS) is 25.9. The first-order valence-corrected chi connectivity index (χ1v) is 12.2. The van der Waals surface area contributed by atoms with E-state index in [1.54, 1.807) is 21.0 Å². The molecule has 34 heavy (non-hydrogen) atoms. The van der Waals surface area contributed by atoms with Crippen LogP contribution in [0, 0.1) is 17.8 Å². The minimum absolute atomic E-state index is 0.0927. The van der Waals surface area contributed by atoms with Gasteiger partial charge in [-0.2, -0.15) is 0 Å². The molecule has 0 radical (unpaired) electrons. The molecule has 2 aliphatic rings. The summed E-state index contributed by atoms with van der Waals surface area (Å²) in [5.74, 6) is -1.84. The number of para-hydroxylation sites is 1. The number of anilines is 1. The van der Waals surface area contributed by atoms with Crippen molar-refractivity contribution in [2.45, 2.75) is 44.8 Å². The van der Waals surface area contributed by atoms with Crippen LogP contribution in [0.1, 0.15) is 43.7 Å². The van der Waals surface area contributed by atoms with E-state index >= 15 is 0 Å². The highest BCUT2D eigenvalue weighted by Gasteiger charge is 2.52. The summed E-state index contributed by atoms with van der Waals surface area (Å²) in [5, 5.41) is 0. The van der Waals surface area contributed by atoms with Gasteiger partial charge in [0.05, 0.1) is 19.3 Å². The van der Waals surface area contributed by atoms with Gasteiger partial charge in [-0.1, -0.05) is 48.5 Å². The fraction of sp³-hybridized carbons (Fsp3) is 0.500. The van der Waals surface area contributed by atoms with Crippen LogP contribution in [0.3, 0.4) is 0 Å². The molecule has 1 aliphatic carbocycles. The second kappa shape index (κ2) is 10.6. The first-order chi connectivity index (χ1) is 16.5. The number of ether oxygens (including phenoxy) is 3. The molecule has 1 fully saturated rings. The summed E-state index contributed by atoms with van der Waals surface area (Å²) in [4.78, 5) is 28.1. The second-order valence-electron chi connectivity index (χ2n) is 9.19. The number of hydrogen-bond donors (Lipinski definition) is 0. The minimum Gasteiger partial charge on any atom is -0.465 e. The quantitative estimate of drug-likeness (QED) is 0.446. The van der Waals surface area contributed by atoms with Gasteiger partial charge in [0.2, 0.25) is 0 Å². The number of carbonyl (C=O) groups is 2. The van der Waals surface area contributed by atoms with Crippen LogP contribution in [0.5, 0.6) is 0 Å². The van der Waals surface area contributed by atoms with Crippen LogP contribution in [-0.4, -0.2) is 51.5 Å². The van der Waals surface area contributed by atoms with Gasteiger partial charge < -0.3 is 19.1 Å². The molecule has 1 aliphatic heterocycles. The predicted molar refractivity (Wildman–Crippen MR) is 131 cm³/mol. The molecule has 2 aromatic rings. The zero-order chi connectivity index (χ0) is 24.2. The summed E-state index contributed by atoms with van der Waals surface area (Å²) in [6.45, 7) is 3.96. The molecular formula is C28H35NO5. The lowest BCUT2D eigenvalue weighted by Crippen LogP contribution is -2.56. The molecule has 1 heterocycles. The highest BCUT2D eigenvalue weighted by atomic mass is 16.6. The Morgan fingerprint density at radius 1 is 0.941 bits per heavy atom. The van der Waals surface area contributed by atoms with Crippen LogP contribution in [-0.2, 0) is 23.8 Å². The number of esters is 2. The van der Waals surface area contributed by atoms with E-state index in [9.17, 15) is 9.59 Å². The third-order valence-corrected chi connectivity index (χ3v) is 7.50. The molecule has 2 aromatic carbocycles. The summed E-state index contributed by atoms with van der Waals surface area (Å²) < 4.78 is 16.7. The second-order valence-corrected chi connectivity index (χ2v) is 9.19. The Bertz CT molecular complexity index is 975. The molecule has 0 saturated heterocycles. The summed E-state index contributed by atoms with van der Waals surface area (Å²) in [6.07, 6.45) is 1.15. The smallest absolute Gasteiger partial charge is 0.320 e. The van der Waals surface area contributed by atoms with Crippen molar-refractivity contribution in [3.63, 3.8) is 0 Å². The molecule has 0 N–H and O–H groups in total. The number of hydrogen-bond acceptors (Lipinski definition) is 6. The predicted octanol–water partition coefficient (Wildman–Crippen LogP) is 4.42. The highest BCUT2D eigenvalue weighted by molar-refractivity contribution is 5.95. The lowest BCUT2D eigenvalue weighted by atomic mass is 9.62. The van der Waals surface area contributed by atoms with Gasteiger partial charge in [0.1, 0.15) is 0 Å². The fourth-order valence-corrected chi connectivity index (χ4v) is 6.11. The van der Waals surface area contributed by atoms with Gasteiger partial charge in [0, 0.05) is 37.7 Å². The van der Waals surface area contributed by atoms with Crippen molar-refractivity contribution in [3.05, 3.63) is 65.7 Å². The fourth-order valence-electron chi connectivity index (χ4n) is 6.11. The monoisotopic (exact) mass is 465 g/mol. The Hall–Kier alpha value is -2.86. The molecule has 0 aromatic heterocycles. The molecule has 182 valence electrons. The van der Waals surface area contributed by atoms with Crippen molar-refractivity contribution in [2.75, 3.05) is 32.3 Å². The third kappa shape index (κ3) is 4.43. The highest BCUT2D eigenvalue weighted by Crippen LogP contribution is 2.52. The van der Waals surface area contributed by atoms with Gasteiger partial charge in [-0.3, -0.25) is 9.59 Å². The van der Waals surface area contributed by atoms with Crippen LogP contribution in [0.2, 0.25) is 0 Å². The number of carbonyl (C=O) groups excluding carboxylic acids is 2. The topological polar surface area (TPSA) is 65.1 Å². The van der Waals surface area contributed by atoms with E-state index in [1.165, 1.54) is 16.8 Å². The van der Waals surface area contributed by atoms with Gasteiger partial charge in [0.25, 0.3) is 0 Å². The first-order valence-electron chi connectivity index (χ1n) is 12.2. The van der Waals surface area contributed by atoms with E-state index < -0.39 is 17.9 Å². The number of fused-ring (bicyclic) bond motifs is 2. The number of methoxy groups -OCH3 is 1. The molecule has 0 spiro atoms. The van der Waals surface area contributed by atoms with Gasteiger partial charge >= 0.3 is 11.9 Å². The standard InChI is InChI=1S/C28H35NO5/c1-5-33-27(30)25(28(31)34-6-2)19-16-22-26(23(17-19)32-4)24(18-12-8-7-9-13-18)20-14-10-11-15-21(20)29(22)3/h7-15,19,22-26H,5-6,16-17H2,1-4H3/t19-,22+,23+,24+,26-/m0/s1. The van der Waals surface area contributed by atoms with E-state index in [2.05, 4.69) is 60.5 Å². The zero-order valence-corrected chi connectivity index (χ0v) is 20.5. The van der Waals surface area contributed by atoms with Crippen molar-refractivity contribution < 1.29 is 23.8 Å². The SMILES string of the molecule is CCOC(=O)C(C(=O)OCC)[C@H]1C[C@@H]2[C@H]([C@H](c3ccccc3)c3ccccc3N2C)[C@H](OC)C1. The van der Waals surface area contributed by atoms with Crippen molar-refractivity contribution in [1.29, 1.82) is 0 Å². The van der Waals surface area contributed by atoms with Crippen molar-refractivity contribution in [2.24, 2.45) is 17.8 Å². The number of nitrogens with zero attached hydrogens (tertiary/aromatic N) is 1. The van der Waals surface area contributed by atoms with Crippen LogP contribution in [0.15, 0.2) is 54.6 Å². The molecule has 0 unspecified atom stereocenters. The van der Waals surface area contributed by atoms with Gasteiger partial charge in [-0.05, 0) is 49.8 Å². The van der Waals surface area contributed by atoms with Crippen LogP contribution >= 0.6 is 0 Å². The lowest BCUT2D eigenvalue weighted by molar-refractivity contribution is -0.166. The third-order valence-electron chi connectivity index (χ3n) is 7.50. The van der Waals surface area contributed by atoms with E-state index in [4.69, 9.17) is 14.2 Å². The van der Waals surface area contributed by atoms with Crippen molar-refractivity contribution >= 4 is 17.6 Å². The maximum absolute atomic E-state index is 12.9. The van der Waals surface area contributed by atoms with Crippen molar-refractivity contribution in [1.82, 2.24) is 0 Å². The summed E-state index contributed by atoms with van der Waals surface area (Å²) >= 11 is 0. The molecule has 6 heteroatoms. The Labute approximate surface area is 202 Å². The molecule has 0 amide bonds.